The largest absolute Gasteiger partial charge is 0.336 e. The monoisotopic (exact) mass is 272 g/mol. The Morgan fingerprint density at radius 3 is 2.47 bits per heavy atom. The van der Waals surface area contributed by atoms with E-state index < -0.39 is 0 Å². The fraction of sp³-hybridized carbons (Fsp3) is 0.500. The third-order valence-corrected chi connectivity index (χ3v) is 3.11. The zero-order valence-electron chi connectivity index (χ0n) is 9.62. The molecule has 2 rings (SSSR count). The standard InChI is InChI=1S/C12H14Cl2N2O/c1-2-5-16(9-3-4-9)12(17)8-6-10(13)15-11(14)7-8/h6-7,9H,2-5H2,1H3. The number of aromatic nitrogens is 1. The molecule has 1 aliphatic carbocycles. The average Bonchev–Trinajstić information content (AvgIpc) is 3.07. The lowest BCUT2D eigenvalue weighted by atomic mass is 10.2. The first-order valence-corrected chi connectivity index (χ1v) is 6.51. The second kappa shape index (κ2) is 5.23. The van der Waals surface area contributed by atoms with Crippen LogP contribution in [0.15, 0.2) is 12.1 Å². The highest BCUT2D eigenvalue weighted by atomic mass is 35.5. The summed E-state index contributed by atoms with van der Waals surface area (Å²) in [7, 11) is 0. The summed E-state index contributed by atoms with van der Waals surface area (Å²) in [5.74, 6) is 0.000509. The van der Waals surface area contributed by atoms with Crippen LogP contribution in [0.1, 0.15) is 36.5 Å². The molecule has 0 atom stereocenters. The molecular formula is C12H14Cl2N2O. The van der Waals surface area contributed by atoms with Crippen LogP contribution in [0.5, 0.6) is 0 Å². The normalized spacial score (nSPS) is 14.8. The van der Waals surface area contributed by atoms with E-state index in [0.717, 1.165) is 25.8 Å². The molecule has 1 aliphatic rings. The Balaban J connectivity index is 2.21. The van der Waals surface area contributed by atoms with E-state index in [2.05, 4.69) is 11.9 Å². The van der Waals surface area contributed by atoms with Crippen molar-refractivity contribution >= 4 is 29.1 Å². The molecule has 1 aromatic rings. The molecule has 1 aromatic heterocycles. The highest BCUT2D eigenvalue weighted by molar-refractivity contribution is 6.33. The van der Waals surface area contributed by atoms with Gasteiger partial charge in [0.05, 0.1) is 0 Å². The first-order valence-electron chi connectivity index (χ1n) is 5.76. The van der Waals surface area contributed by atoms with Gasteiger partial charge in [-0.1, -0.05) is 30.1 Å². The van der Waals surface area contributed by atoms with Crippen LogP contribution < -0.4 is 0 Å². The number of halogens is 2. The Morgan fingerprint density at radius 2 is 2.00 bits per heavy atom. The molecule has 1 heterocycles. The van der Waals surface area contributed by atoms with Crippen molar-refractivity contribution in [3.05, 3.63) is 28.0 Å². The van der Waals surface area contributed by atoms with Crippen molar-refractivity contribution in [2.75, 3.05) is 6.54 Å². The lowest BCUT2D eigenvalue weighted by Gasteiger charge is -2.21. The van der Waals surface area contributed by atoms with Crippen LogP contribution in [0, 0.1) is 0 Å². The molecule has 0 N–H and O–H groups in total. The third kappa shape index (κ3) is 3.11. The predicted molar refractivity (Wildman–Crippen MR) is 68.6 cm³/mol. The van der Waals surface area contributed by atoms with Gasteiger partial charge in [-0.2, -0.15) is 0 Å². The van der Waals surface area contributed by atoms with Gasteiger partial charge in [-0.25, -0.2) is 4.98 Å². The third-order valence-electron chi connectivity index (χ3n) is 2.72. The van der Waals surface area contributed by atoms with Crippen LogP contribution in [0.25, 0.3) is 0 Å². The summed E-state index contributed by atoms with van der Waals surface area (Å²) in [6.07, 6.45) is 3.14. The molecule has 0 spiro atoms. The lowest BCUT2D eigenvalue weighted by Crippen LogP contribution is -2.33. The summed E-state index contributed by atoms with van der Waals surface area (Å²) in [5.41, 5.74) is 0.523. The number of hydrogen-bond donors (Lipinski definition) is 0. The van der Waals surface area contributed by atoms with E-state index in [-0.39, 0.29) is 16.2 Å². The number of nitrogens with zero attached hydrogens (tertiary/aromatic N) is 2. The SMILES string of the molecule is CCCN(C(=O)c1cc(Cl)nc(Cl)c1)C1CC1. The molecule has 1 saturated carbocycles. The Labute approximate surface area is 111 Å². The second-order valence-electron chi connectivity index (χ2n) is 4.23. The first-order chi connectivity index (χ1) is 8.11. The van der Waals surface area contributed by atoms with E-state index in [0.29, 0.717) is 11.6 Å². The minimum atomic E-state index is 0.000509. The molecule has 3 nitrogen and oxygen atoms in total. The van der Waals surface area contributed by atoms with Gasteiger partial charge in [-0.15, -0.1) is 0 Å². The number of carbonyl (C=O) groups is 1. The molecule has 0 aliphatic heterocycles. The predicted octanol–water partition coefficient (Wildman–Crippen LogP) is 3.40. The van der Waals surface area contributed by atoms with E-state index in [9.17, 15) is 4.79 Å². The summed E-state index contributed by atoms with van der Waals surface area (Å²) in [6.45, 7) is 2.84. The van der Waals surface area contributed by atoms with Crippen molar-refractivity contribution in [2.24, 2.45) is 0 Å². The van der Waals surface area contributed by atoms with Crippen molar-refractivity contribution in [1.82, 2.24) is 9.88 Å². The molecular weight excluding hydrogens is 259 g/mol. The van der Waals surface area contributed by atoms with E-state index in [1.54, 1.807) is 12.1 Å². The van der Waals surface area contributed by atoms with Crippen LogP contribution in [0.3, 0.4) is 0 Å². The smallest absolute Gasteiger partial charge is 0.254 e. The van der Waals surface area contributed by atoms with Crippen LogP contribution in [-0.4, -0.2) is 28.4 Å². The van der Waals surface area contributed by atoms with Gasteiger partial charge in [0.1, 0.15) is 10.3 Å². The van der Waals surface area contributed by atoms with Gasteiger partial charge in [0.15, 0.2) is 0 Å². The first kappa shape index (κ1) is 12.7. The maximum Gasteiger partial charge on any atom is 0.254 e. The summed E-state index contributed by atoms with van der Waals surface area (Å²) >= 11 is 11.6. The van der Waals surface area contributed by atoms with Crippen molar-refractivity contribution in [3.63, 3.8) is 0 Å². The van der Waals surface area contributed by atoms with Crippen LogP contribution >= 0.6 is 23.2 Å². The van der Waals surface area contributed by atoms with E-state index >= 15 is 0 Å². The number of hydrogen-bond acceptors (Lipinski definition) is 2. The molecule has 5 heteroatoms. The topological polar surface area (TPSA) is 33.2 Å². The van der Waals surface area contributed by atoms with Crippen molar-refractivity contribution < 1.29 is 4.79 Å². The maximum absolute atomic E-state index is 12.3. The van der Waals surface area contributed by atoms with E-state index in [1.807, 2.05) is 4.90 Å². The molecule has 0 aromatic carbocycles. The zero-order valence-corrected chi connectivity index (χ0v) is 11.1. The fourth-order valence-corrected chi connectivity index (χ4v) is 2.29. The molecule has 17 heavy (non-hydrogen) atoms. The molecule has 1 amide bonds. The van der Waals surface area contributed by atoms with E-state index in [1.165, 1.54) is 0 Å². The summed E-state index contributed by atoms with van der Waals surface area (Å²) < 4.78 is 0. The Morgan fingerprint density at radius 1 is 1.41 bits per heavy atom. The highest BCUT2D eigenvalue weighted by Gasteiger charge is 2.32. The van der Waals surface area contributed by atoms with Gasteiger partial charge in [-0.3, -0.25) is 4.79 Å². The van der Waals surface area contributed by atoms with Crippen molar-refractivity contribution in [3.8, 4) is 0 Å². The van der Waals surface area contributed by atoms with Gasteiger partial charge >= 0.3 is 0 Å². The summed E-state index contributed by atoms with van der Waals surface area (Å²) in [6, 6.07) is 3.54. The molecule has 1 fully saturated rings. The Kier molecular flexibility index (Phi) is 3.89. The zero-order chi connectivity index (χ0) is 12.4. The van der Waals surface area contributed by atoms with Crippen molar-refractivity contribution in [2.45, 2.75) is 32.2 Å². The molecule has 0 saturated heterocycles. The van der Waals surface area contributed by atoms with Crippen LogP contribution in [0.2, 0.25) is 10.3 Å². The summed E-state index contributed by atoms with van der Waals surface area (Å²) in [5, 5.41) is 0.515. The molecule has 0 unspecified atom stereocenters. The number of pyridine rings is 1. The van der Waals surface area contributed by atoms with Gasteiger partial charge in [-0.05, 0) is 31.4 Å². The Hall–Kier alpha value is -0.800. The quantitative estimate of drug-likeness (QED) is 0.788. The fourth-order valence-electron chi connectivity index (χ4n) is 1.83. The van der Waals surface area contributed by atoms with Gasteiger partial charge < -0.3 is 4.90 Å². The number of rotatable bonds is 4. The van der Waals surface area contributed by atoms with Crippen LogP contribution in [0.4, 0.5) is 0 Å². The number of carbonyl (C=O) groups excluding carboxylic acids is 1. The minimum Gasteiger partial charge on any atom is -0.336 e. The van der Waals surface area contributed by atoms with Gasteiger partial charge in [0.25, 0.3) is 5.91 Å². The van der Waals surface area contributed by atoms with Crippen LogP contribution in [-0.2, 0) is 0 Å². The number of amides is 1. The molecule has 0 bridgehead atoms. The van der Waals surface area contributed by atoms with Gasteiger partial charge in [0, 0.05) is 18.2 Å². The molecule has 92 valence electrons. The van der Waals surface area contributed by atoms with E-state index in [4.69, 9.17) is 23.2 Å². The highest BCUT2D eigenvalue weighted by Crippen LogP contribution is 2.29. The summed E-state index contributed by atoms with van der Waals surface area (Å²) in [4.78, 5) is 18.0. The lowest BCUT2D eigenvalue weighted by molar-refractivity contribution is 0.0743. The second-order valence-corrected chi connectivity index (χ2v) is 5.01. The Bertz CT molecular complexity index is 412. The minimum absolute atomic E-state index is 0.000509. The van der Waals surface area contributed by atoms with Crippen molar-refractivity contribution in [1.29, 1.82) is 0 Å². The maximum atomic E-state index is 12.3. The van der Waals surface area contributed by atoms with Gasteiger partial charge in [0.2, 0.25) is 0 Å². The average molecular weight is 273 g/mol. The molecule has 0 radical (unpaired) electrons.